The lowest BCUT2D eigenvalue weighted by Crippen LogP contribution is -2.43. The summed E-state index contributed by atoms with van der Waals surface area (Å²) in [4.78, 5) is 11.4. The van der Waals surface area contributed by atoms with Crippen molar-refractivity contribution >= 4 is 17.2 Å². The van der Waals surface area contributed by atoms with E-state index in [2.05, 4.69) is 10.9 Å². The van der Waals surface area contributed by atoms with Crippen molar-refractivity contribution in [2.24, 2.45) is 0 Å². The molecular weight excluding hydrogens is 204 g/mol. The first-order valence-corrected chi connectivity index (χ1v) is 5.13. The van der Waals surface area contributed by atoms with E-state index in [4.69, 9.17) is 0 Å². The molecule has 5 heteroatoms. The van der Waals surface area contributed by atoms with Gasteiger partial charge in [0.25, 0.3) is 0 Å². The highest BCUT2D eigenvalue weighted by Crippen LogP contribution is 2.38. The van der Waals surface area contributed by atoms with Gasteiger partial charge in [-0.1, -0.05) is 12.1 Å². The Bertz CT molecular complexity index is 508. The molecule has 2 heterocycles. The number of Topliss-reactive ketones (excluding diaryl/α,β-unsaturated/α-hetero) is 1. The number of anilines is 2. The van der Waals surface area contributed by atoms with Gasteiger partial charge >= 0.3 is 0 Å². The molecule has 0 unspecified atom stereocenters. The van der Waals surface area contributed by atoms with Crippen molar-refractivity contribution in [3.63, 3.8) is 0 Å². The summed E-state index contributed by atoms with van der Waals surface area (Å²) in [5.41, 5.74) is 9.80. The van der Waals surface area contributed by atoms with Crippen LogP contribution in [0.5, 0.6) is 0 Å². The SMILES string of the molecule is CC(=O)C1=C(C)N2c3ccccc3NN2N1. The summed E-state index contributed by atoms with van der Waals surface area (Å²) in [5.74, 6) is 0.0335. The second-order valence-corrected chi connectivity index (χ2v) is 3.88. The highest BCUT2D eigenvalue weighted by Gasteiger charge is 2.36. The van der Waals surface area contributed by atoms with Crippen LogP contribution >= 0.6 is 0 Å². The lowest BCUT2D eigenvalue weighted by atomic mass is 10.2. The first-order chi connectivity index (χ1) is 7.68. The maximum atomic E-state index is 11.4. The Hall–Kier alpha value is -2.01. The van der Waals surface area contributed by atoms with Gasteiger partial charge in [-0.3, -0.25) is 15.6 Å². The van der Waals surface area contributed by atoms with Crippen LogP contribution in [0, 0.1) is 0 Å². The Kier molecular flexibility index (Phi) is 1.73. The molecule has 2 aliphatic rings. The van der Waals surface area contributed by atoms with Crippen molar-refractivity contribution in [2.45, 2.75) is 13.8 Å². The van der Waals surface area contributed by atoms with E-state index in [9.17, 15) is 4.79 Å². The average molecular weight is 216 g/mol. The number of hydrazine groups is 3. The molecule has 0 bridgehead atoms. The number of hydrogen-bond donors (Lipinski definition) is 2. The zero-order valence-electron chi connectivity index (χ0n) is 9.11. The van der Waals surface area contributed by atoms with E-state index in [1.165, 1.54) is 0 Å². The Labute approximate surface area is 93.2 Å². The van der Waals surface area contributed by atoms with Crippen LogP contribution in [0.1, 0.15) is 13.8 Å². The van der Waals surface area contributed by atoms with Crippen LogP contribution in [0.4, 0.5) is 11.4 Å². The van der Waals surface area contributed by atoms with Gasteiger partial charge in [0.1, 0.15) is 5.70 Å². The van der Waals surface area contributed by atoms with Crippen LogP contribution in [0.3, 0.4) is 0 Å². The molecule has 0 fully saturated rings. The highest BCUT2D eigenvalue weighted by molar-refractivity contribution is 5.95. The van der Waals surface area contributed by atoms with E-state index in [1.807, 2.05) is 36.2 Å². The summed E-state index contributed by atoms with van der Waals surface area (Å²) in [5, 5.41) is 3.67. The number of nitrogens with one attached hydrogen (secondary N) is 2. The molecule has 0 atom stereocenters. The van der Waals surface area contributed by atoms with Gasteiger partial charge in [0.15, 0.2) is 5.78 Å². The third-order valence-electron chi connectivity index (χ3n) is 2.81. The fraction of sp³-hybridized carbons (Fsp3) is 0.182. The van der Waals surface area contributed by atoms with Crippen LogP contribution in [-0.2, 0) is 4.79 Å². The maximum Gasteiger partial charge on any atom is 0.178 e. The number of allylic oxidation sites excluding steroid dienone is 2. The summed E-state index contributed by atoms with van der Waals surface area (Å²) < 4.78 is 0. The summed E-state index contributed by atoms with van der Waals surface area (Å²) in [7, 11) is 0. The first kappa shape index (κ1) is 9.23. The molecule has 2 N–H and O–H groups in total. The van der Waals surface area contributed by atoms with Crippen LogP contribution in [0.15, 0.2) is 35.7 Å². The molecule has 0 saturated carbocycles. The van der Waals surface area contributed by atoms with Gasteiger partial charge in [0.2, 0.25) is 0 Å². The molecule has 0 aliphatic carbocycles. The van der Waals surface area contributed by atoms with Crippen LogP contribution in [-0.4, -0.2) is 11.0 Å². The second-order valence-electron chi connectivity index (χ2n) is 3.88. The lowest BCUT2D eigenvalue weighted by molar-refractivity contribution is -0.114. The highest BCUT2D eigenvalue weighted by atomic mass is 16.1. The quantitative estimate of drug-likeness (QED) is 0.742. The van der Waals surface area contributed by atoms with Crippen molar-refractivity contribution in [3.05, 3.63) is 35.7 Å². The van der Waals surface area contributed by atoms with Crippen molar-refractivity contribution in [1.29, 1.82) is 0 Å². The molecule has 0 aromatic heterocycles. The molecule has 5 nitrogen and oxygen atoms in total. The van der Waals surface area contributed by atoms with Gasteiger partial charge in [-0.2, -0.15) is 0 Å². The molecule has 82 valence electrons. The van der Waals surface area contributed by atoms with Crippen molar-refractivity contribution in [2.75, 3.05) is 10.4 Å². The Balaban J connectivity index is 2.09. The van der Waals surface area contributed by atoms with Gasteiger partial charge < -0.3 is 0 Å². The normalized spacial score (nSPS) is 18.0. The number of ketones is 1. The van der Waals surface area contributed by atoms with Gasteiger partial charge in [-0.25, -0.2) is 5.01 Å². The van der Waals surface area contributed by atoms with Crippen LogP contribution in [0.2, 0.25) is 0 Å². The van der Waals surface area contributed by atoms with Crippen molar-refractivity contribution in [3.8, 4) is 0 Å². The van der Waals surface area contributed by atoms with E-state index in [0.717, 1.165) is 17.1 Å². The third-order valence-corrected chi connectivity index (χ3v) is 2.81. The Morgan fingerprint density at radius 2 is 2.00 bits per heavy atom. The minimum absolute atomic E-state index is 0.0335. The smallest absolute Gasteiger partial charge is 0.178 e. The number of fused-ring (bicyclic) bond motifs is 3. The summed E-state index contributed by atoms with van der Waals surface area (Å²) in [6.07, 6.45) is 0. The minimum atomic E-state index is 0.0335. The van der Waals surface area contributed by atoms with Gasteiger partial charge in [-0.05, 0) is 24.3 Å². The number of carbonyl (C=O) groups excluding carboxylic acids is 1. The molecule has 0 radical (unpaired) electrons. The monoisotopic (exact) mass is 216 g/mol. The fourth-order valence-electron chi connectivity index (χ4n) is 2.06. The van der Waals surface area contributed by atoms with E-state index in [1.54, 1.807) is 12.2 Å². The number of rotatable bonds is 1. The van der Waals surface area contributed by atoms with Crippen molar-refractivity contribution in [1.82, 2.24) is 10.7 Å². The molecular formula is C11H12N4O. The molecule has 0 amide bonds. The number of benzene rings is 1. The zero-order valence-corrected chi connectivity index (χ0v) is 9.11. The van der Waals surface area contributed by atoms with E-state index < -0.39 is 0 Å². The fourth-order valence-corrected chi connectivity index (χ4v) is 2.06. The topological polar surface area (TPSA) is 47.6 Å². The predicted molar refractivity (Wildman–Crippen MR) is 60.9 cm³/mol. The van der Waals surface area contributed by atoms with E-state index in [0.29, 0.717) is 5.70 Å². The summed E-state index contributed by atoms with van der Waals surface area (Å²) in [6, 6.07) is 7.95. The Morgan fingerprint density at radius 1 is 1.25 bits per heavy atom. The van der Waals surface area contributed by atoms with E-state index >= 15 is 0 Å². The minimum Gasteiger partial charge on any atom is -0.293 e. The van der Waals surface area contributed by atoms with Gasteiger partial charge in [-0.15, -0.1) is 0 Å². The number of carbonyl (C=O) groups is 1. The first-order valence-electron chi connectivity index (χ1n) is 5.13. The second kappa shape index (κ2) is 2.99. The average Bonchev–Trinajstić information content (AvgIpc) is 2.75. The molecule has 2 aliphatic heterocycles. The van der Waals surface area contributed by atoms with E-state index in [-0.39, 0.29) is 5.78 Å². The number of hydrogen-bond acceptors (Lipinski definition) is 5. The van der Waals surface area contributed by atoms with Crippen LogP contribution in [0.25, 0.3) is 0 Å². The lowest BCUT2D eigenvalue weighted by Gasteiger charge is -2.20. The zero-order chi connectivity index (χ0) is 11.3. The summed E-state index contributed by atoms with van der Waals surface area (Å²) >= 11 is 0. The summed E-state index contributed by atoms with van der Waals surface area (Å²) in [6.45, 7) is 3.48. The molecule has 0 spiro atoms. The van der Waals surface area contributed by atoms with Crippen LogP contribution < -0.4 is 15.9 Å². The third kappa shape index (κ3) is 1.06. The maximum absolute atomic E-state index is 11.4. The predicted octanol–water partition coefficient (Wildman–Crippen LogP) is 1.39. The molecule has 3 rings (SSSR count). The largest absolute Gasteiger partial charge is 0.293 e. The standard InChI is InChI=1S/C11H12N4O/c1-7-11(8(2)16)13-15-12-9-5-3-4-6-10(9)14(7)15/h3-6,12-13H,1-2H3. The van der Waals surface area contributed by atoms with Gasteiger partial charge in [0.05, 0.1) is 17.1 Å². The van der Waals surface area contributed by atoms with Crippen molar-refractivity contribution < 1.29 is 4.79 Å². The Morgan fingerprint density at radius 3 is 2.75 bits per heavy atom. The molecule has 0 saturated heterocycles. The molecule has 1 aromatic rings. The number of nitrogens with zero attached hydrogens (tertiary/aromatic N) is 2. The molecule has 1 aromatic carbocycles. The number of para-hydroxylation sites is 2. The molecule has 16 heavy (non-hydrogen) atoms. The van der Waals surface area contributed by atoms with Gasteiger partial charge in [0, 0.05) is 6.92 Å².